The number of methoxy groups -OCH3 is 1. The first-order valence-corrected chi connectivity index (χ1v) is 7.28. The van der Waals surface area contributed by atoms with Gasteiger partial charge in [0.2, 0.25) is 15.5 Å². The van der Waals surface area contributed by atoms with Crippen LogP contribution >= 0.6 is 34.8 Å². The van der Waals surface area contributed by atoms with Crippen LogP contribution in [0.1, 0.15) is 11.6 Å². The Kier molecular flexibility index (Phi) is 7.15. The molecule has 0 aliphatic heterocycles. The van der Waals surface area contributed by atoms with Crippen LogP contribution in [0.5, 0.6) is 5.88 Å². The summed E-state index contributed by atoms with van der Waals surface area (Å²) in [7, 11) is 1.28. The van der Waals surface area contributed by atoms with Crippen LogP contribution < -0.4 is 4.74 Å². The van der Waals surface area contributed by atoms with E-state index in [0.717, 1.165) is 0 Å². The predicted octanol–water partition coefficient (Wildman–Crippen LogP) is 3.36. The largest absolute Gasteiger partial charge is 0.476 e. The second-order valence-electron chi connectivity index (χ2n) is 4.13. The van der Waals surface area contributed by atoms with Gasteiger partial charge in [-0.3, -0.25) is 20.2 Å². The van der Waals surface area contributed by atoms with Gasteiger partial charge in [-0.1, -0.05) is 34.8 Å². The van der Waals surface area contributed by atoms with E-state index in [4.69, 9.17) is 39.5 Å². The number of hydrogen-bond acceptors (Lipinski definition) is 9. The maximum atomic E-state index is 10.5. The molecule has 0 N–H and O–H groups in total. The molecule has 2 heterocycles. The highest BCUT2D eigenvalue weighted by molar-refractivity contribution is 6.36. The van der Waals surface area contributed by atoms with E-state index in [-0.39, 0.29) is 21.3 Å². The van der Waals surface area contributed by atoms with Gasteiger partial charge in [0, 0.05) is 0 Å². The molecule has 14 heteroatoms. The summed E-state index contributed by atoms with van der Waals surface area (Å²) in [6, 6.07) is 0. The van der Waals surface area contributed by atoms with Crippen LogP contribution in [0.25, 0.3) is 0 Å². The predicted molar refractivity (Wildman–Crippen MR) is 88.4 cm³/mol. The fourth-order valence-electron chi connectivity index (χ4n) is 1.45. The molecule has 0 radical (unpaired) electrons. The topological polar surface area (TPSA) is 147 Å². The van der Waals surface area contributed by atoms with Crippen molar-refractivity contribution in [1.82, 2.24) is 19.9 Å². The number of hydrogen-bond donors (Lipinski definition) is 0. The highest BCUT2D eigenvalue weighted by Crippen LogP contribution is 2.30. The minimum absolute atomic E-state index is 0.123. The third-order valence-corrected chi connectivity index (χ3v) is 3.18. The maximum absolute atomic E-state index is 10.5. The number of aryl methyl sites for hydroxylation is 2. The lowest BCUT2D eigenvalue weighted by atomic mass is 10.5. The Hall–Kier alpha value is -2.37. The first-order valence-electron chi connectivity index (χ1n) is 6.15. The van der Waals surface area contributed by atoms with Gasteiger partial charge in [-0.05, 0) is 13.8 Å². The molecule has 0 bridgehead atoms. The highest BCUT2D eigenvalue weighted by atomic mass is 35.5. The number of aromatic nitrogens is 4. The standard InChI is InChI=1S/C6H6ClN3O3.C5H3Cl2N3O2/c1-3-8-5(7)4(10(11)12)6(9-3)13-2;1-2-8-4(6)3(10(11)12)5(7)9-2/h1-2H3;1H3. The smallest absolute Gasteiger partial charge is 0.367 e. The quantitative estimate of drug-likeness (QED) is 0.421. The van der Waals surface area contributed by atoms with Gasteiger partial charge in [0.1, 0.15) is 11.6 Å². The van der Waals surface area contributed by atoms with E-state index < -0.39 is 21.2 Å². The molecule has 2 rings (SSSR count). The van der Waals surface area contributed by atoms with Crippen LogP contribution in [0.4, 0.5) is 11.4 Å². The van der Waals surface area contributed by atoms with E-state index in [9.17, 15) is 20.2 Å². The third kappa shape index (κ3) is 5.31. The van der Waals surface area contributed by atoms with Crippen LogP contribution in [0.2, 0.25) is 15.5 Å². The highest BCUT2D eigenvalue weighted by Gasteiger charge is 2.23. The number of nitrogens with zero attached hydrogens (tertiary/aromatic N) is 6. The van der Waals surface area contributed by atoms with Crippen LogP contribution in [-0.2, 0) is 0 Å². The molecular weight excluding hydrogens is 403 g/mol. The Balaban J connectivity index is 0.000000251. The van der Waals surface area contributed by atoms with Gasteiger partial charge in [-0.2, -0.15) is 4.98 Å². The van der Waals surface area contributed by atoms with E-state index in [1.807, 2.05) is 0 Å². The van der Waals surface area contributed by atoms with Crippen molar-refractivity contribution < 1.29 is 14.6 Å². The lowest BCUT2D eigenvalue weighted by Crippen LogP contribution is -2.00. The lowest BCUT2D eigenvalue weighted by molar-refractivity contribution is -0.386. The Labute approximate surface area is 155 Å². The zero-order valence-electron chi connectivity index (χ0n) is 12.9. The van der Waals surface area contributed by atoms with Gasteiger partial charge >= 0.3 is 11.4 Å². The van der Waals surface area contributed by atoms with Crippen LogP contribution in [0, 0.1) is 34.1 Å². The first-order chi connectivity index (χ1) is 11.6. The Bertz CT molecular complexity index is 811. The molecule has 0 saturated heterocycles. The van der Waals surface area contributed by atoms with Crippen LogP contribution in [0.15, 0.2) is 0 Å². The maximum Gasteiger partial charge on any atom is 0.367 e. The van der Waals surface area contributed by atoms with Crippen LogP contribution in [-0.4, -0.2) is 36.9 Å². The van der Waals surface area contributed by atoms with Crippen molar-refractivity contribution in [1.29, 1.82) is 0 Å². The molecule has 0 spiro atoms. The second-order valence-corrected chi connectivity index (χ2v) is 5.21. The third-order valence-electron chi connectivity index (χ3n) is 2.39. The number of nitro groups is 2. The summed E-state index contributed by atoms with van der Waals surface area (Å²) in [6.45, 7) is 3.11. The van der Waals surface area contributed by atoms with Gasteiger partial charge in [-0.25, -0.2) is 15.0 Å². The Morgan fingerprint density at radius 3 is 1.52 bits per heavy atom. The molecule has 0 amide bonds. The van der Waals surface area contributed by atoms with Crippen molar-refractivity contribution in [2.45, 2.75) is 13.8 Å². The Morgan fingerprint density at radius 1 is 0.800 bits per heavy atom. The van der Waals surface area contributed by atoms with Crippen molar-refractivity contribution in [2.24, 2.45) is 0 Å². The summed E-state index contributed by atoms with van der Waals surface area (Å²) in [5.74, 6) is 0.505. The van der Waals surface area contributed by atoms with E-state index in [2.05, 4.69) is 19.9 Å². The molecule has 0 aromatic carbocycles. The van der Waals surface area contributed by atoms with E-state index >= 15 is 0 Å². The second kappa shape index (κ2) is 8.65. The van der Waals surface area contributed by atoms with Gasteiger partial charge in [0.15, 0.2) is 0 Å². The molecule has 11 nitrogen and oxygen atoms in total. The average Bonchev–Trinajstić information content (AvgIpc) is 2.44. The van der Waals surface area contributed by atoms with Crippen molar-refractivity contribution in [3.8, 4) is 5.88 Å². The molecule has 2 aromatic rings. The van der Waals surface area contributed by atoms with Gasteiger partial charge < -0.3 is 4.74 Å². The van der Waals surface area contributed by atoms with Crippen molar-refractivity contribution in [2.75, 3.05) is 7.11 Å². The average molecular weight is 412 g/mol. The summed E-state index contributed by atoms with van der Waals surface area (Å²) >= 11 is 16.4. The molecule has 0 fully saturated rings. The number of halogens is 3. The minimum atomic E-state index is -0.718. The normalized spacial score (nSPS) is 9.84. The molecular formula is C11H9Cl3N6O5. The molecule has 134 valence electrons. The summed E-state index contributed by atoms with van der Waals surface area (Å²) in [5, 5.41) is 20.1. The van der Waals surface area contributed by atoms with Crippen molar-refractivity contribution >= 4 is 46.2 Å². The van der Waals surface area contributed by atoms with E-state index in [1.165, 1.54) is 7.11 Å². The zero-order chi connectivity index (χ0) is 19.3. The number of rotatable bonds is 3. The summed E-state index contributed by atoms with van der Waals surface area (Å²) < 4.78 is 4.69. The van der Waals surface area contributed by atoms with Crippen LogP contribution in [0.3, 0.4) is 0 Å². The minimum Gasteiger partial charge on any atom is -0.476 e. The molecule has 0 atom stereocenters. The molecule has 2 aromatic heterocycles. The van der Waals surface area contributed by atoms with E-state index in [1.54, 1.807) is 13.8 Å². The SMILES string of the molecule is COc1nc(C)nc(Cl)c1[N+](=O)[O-].Cc1nc(Cl)c([N+](=O)[O-])c(Cl)n1. The molecule has 0 aliphatic carbocycles. The summed E-state index contributed by atoms with van der Waals surface area (Å²) in [4.78, 5) is 33.9. The molecule has 0 saturated carbocycles. The first kappa shape index (κ1) is 20.7. The van der Waals surface area contributed by atoms with Crippen molar-refractivity contribution in [3.05, 3.63) is 47.3 Å². The molecule has 0 aliphatic rings. The molecule has 25 heavy (non-hydrogen) atoms. The van der Waals surface area contributed by atoms with Gasteiger partial charge in [0.05, 0.1) is 17.0 Å². The lowest BCUT2D eigenvalue weighted by Gasteiger charge is -2.01. The zero-order valence-corrected chi connectivity index (χ0v) is 15.1. The van der Waals surface area contributed by atoms with E-state index in [0.29, 0.717) is 11.6 Å². The van der Waals surface area contributed by atoms with Gasteiger partial charge in [-0.15, -0.1) is 0 Å². The van der Waals surface area contributed by atoms with Crippen molar-refractivity contribution in [3.63, 3.8) is 0 Å². The number of ether oxygens (including phenoxy) is 1. The van der Waals surface area contributed by atoms with Gasteiger partial charge in [0.25, 0.3) is 5.88 Å². The fraction of sp³-hybridized carbons (Fsp3) is 0.273. The summed E-state index contributed by atoms with van der Waals surface area (Å²) in [6.07, 6.45) is 0. The monoisotopic (exact) mass is 410 g/mol. The molecule has 0 unspecified atom stereocenters. The fourth-order valence-corrected chi connectivity index (χ4v) is 2.34. The summed E-state index contributed by atoms with van der Waals surface area (Å²) in [5.41, 5.74) is -0.862. The Morgan fingerprint density at radius 2 is 1.16 bits per heavy atom.